The minimum absolute atomic E-state index is 0.173. The molecule has 0 unspecified atom stereocenters. The van der Waals surface area contributed by atoms with Gasteiger partial charge in [0.25, 0.3) is 0 Å². The molecule has 0 aliphatic heterocycles. The fourth-order valence-corrected chi connectivity index (χ4v) is 1.91. The van der Waals surface area contributed by atoms with Gasteiger partial charge in [-0.2, -0.15) is 5.26 Å². The van der Waals surface area contributed by atoms with Crippen molar-refractivity contribution in [3.63, 3.8) is 0 Å². The Hall–Kier alpha value is -2.38. The van der Waals surface area contributed by atoms with Gasteiger partial charge in [-0.05, 0) is 36.4 Å². The van der Waals surface area contributed by atoms with E-state index in [1.54, 1.807) is 36.4 Å². The number of nitrogens with one attached hydrogen (secondary N) is 1. The van der Waals surface area contributed by atoms with Gasteiger partial charge in [0.2, 0.25) is 0 Å². The van der Waals surface area contributed by atoms with Crippen molar-refractivity contribution >= 4 is 23.0 Å². The van der Waals surface area contributed by atoms with E-state index in [9.17, 15) is 5.11 Å². The van der Waals surface area contributed by atoms with Crippen molar-refractivity contribution in [2.45, 2.75) is 6.54 Å². The molecule has 0 amide bonds. The van der Waals surface area contributed by atoms with Crippen LogP contribution in [-0.4, -0.2) is 5.11 Å². The quantitative estimate of drug-likeness (QED) is 0.593. The van der Waals surface area contributed by atoms with Crippen molar-refractivity contribution in [2.24, 2.45) is 0 Å². The zero-order valence-electron chi connectivity index (χ0n) is 10.0. The first-order valence-electron chi connectivity index (χ1n) is 5.61. The SMILES string of the molecule is N#Cc1ccc(NCc2cc(N)ccc2O)c(Cl)c1. The van der Waals surface area contributed by atoms with Crippen molar-refractivity contribution in [3.05, 3.63) is 52.5 Å². The van der Waals surface area contributed by atoms with Gasteiger partial charge in [-0.15, -0.1) is 0 Å². The van der Waals surface area contributed by atoms with E-state index in [-0.39, 0.29) is 5.75 Å². The minimum atomic E-state index is 0.173. The molecule has 0 aliphatic rings. The van der Waals surface area contributed by atoms with E-state index in [4.69, 9.17) is 22.6 Å². The lowest BCUT2D eigenvalue weighted by atomic mass is 10.1. The van der Waals surface area contributed by atoms with E-state index in [0.717, 1.165) is 0 Å². The summed E-state index contributed by atoms with van der Waals surface area (Å²) >= 11 is 6.04. The van der Waals surface area contributed by atoms with Crippen LogP contribution >= 0.6 is 11.6 Å². The molecule has 4 N–H and O–H groups in total. The maximum Gasteiger partial charge on any atom is 0.120 e. The van der Waals surface area contributed by atoms with Gasteiger partial charge in [0, 0.05) is 17.8 Å². The molecule has 0 atom stereocenters. The van der Waals surface area contributed by atoms with Crippen molar-refractivity contribution in [3.8, 4) is 11.8 Å². The Morgan fingerprint density at radius 3 is 2.74 bits per heavy atom. The molecule has 0 spiro atoms. The van der Waals surface area contributed by atoms with Crippen molar-refractivity contribution in [1.29, 1.82) is 5.26 Å². The molecule has 2 aromatic carbocycles. The average Bonchev–Trinajstić information content (AvgIpc) is 2.40. The topological polar surface area (TPSA) is 82.1 Å². The van der Waals surface area contributed by atoms with E-state index in [0.29, 0.717) is 34.1 Å². The number of benzene rings is 2. The van der Waals surface area contributed by atoms with Gasteiger partial charge in [-0.1, -0.05) is 11.6 Å². The second kappa shape index (κ2) is 5.51. The molecule has 0 heterocycles. The number of hydrogen-bond donors (Lipinski definition) is 3. The van der Waals surface area contributed by atoms with Gasteiger partial charge in [-0.3, -0.25) is 0 Å². The van der Waals surface area contributed by atoms with Crippen LogP contribution in [0.25, 0.3) is 0 Å². The van der Waals surface area contributed by atoms with Crippen LogP contribution < -0.4 is 11.1 Å². The van der Waals surface area contributed by atoms with Crippen LogP contribution in [-0.2, 0) is 6.54 Å². The Morgan fingerprint density at radius 2 is 2.05 bits per heavy atom. The molecule has 96 valence electrons. The molecular weight excluding hydrogens is 262 g/mol. The highest BCUT2D eigenvalue weighted by atomic mass is 35.5. The maximum atomic E-state index is 9.69. The smallest absolute Gasteiger partial charge is 0.120 e. The van der Waals surface area contributed by atoms with E-state index >= 15 is 0 Å². The van der Waals surface area contributed by atoms with Crippen molar-refractivity contribution < 1.29 is 5.11 Å². The fraction of sp³-hybridized carbons (Fsp3) is 0.0714. The number of phenolic OH excluding ortho intramolecular Hbond substituents is 1. The standard InChI is InChI=1S/C14H12ClN3O/c15-12-5-9(7-16)1-3-13(12)18-8-10-6-11(17)2-4-14(10)19/h1-6,18-19H,8,17H2. The molecule has 0 aliphatic carbocycles. The van der Waals surface area contributed by atoms with Gasteiger partial charge in [0.15, 0.2) is 0 Å². The summed E-state index contributed by atoms with van der Waals surface area (Å²) in [5, 5.41) is 22.0. The summed E-state index contributed by atoms with van der Waals surface area (Å²) in [6.07, 6.45) is 0. The third-order valence-electron chi connectivity index (χ3n) is 2.67. The lowest BCUT2D eigenvalue weighted by Crippen LogP contribution is -2.01. The molecule has 19 heavy (non-hydrogen) atoms. The first-order chi connectivity index (χ1) is 9.10. The van der Waals surface area contributed by atoms with Crippen LogP contribution in [0.15, 0.2) is 36.4 Å². The Balaban J connectivity index is 2.15. The molecule has 0 bridgehead atoms. The summed E-state index contributed by atoms with van der Waals surface area (Å²) < 4.78 is 0. The molecular formula is C14H12ClN3O. The van der Waals surface area contributed by atoms with Crippen molar-refractivity contribution in [2.75, 3.05) is 11.1 Å². The lowest BCUT2D eigenvalue weighted by Gasteiger charge is -2.10. The van der Waals surface area contributed by atoms with E-state index in [2.05, 4.69) is 5.32 Å². The maximum absolute atomic E-state index is 9.69. The number of nitrogens with two attached hydrogens (primary N) is 1. The molecule has 0 fully saturated rings. The predicted octanol–water partition coefficient (Wildman–Crippen LogP) is 3.11. The second-order valence-corrected chi connectivity index (χ2v) is 4.46. The van der Waals surface area contributed by atoms with Crippen LogP contribution in [0.1, 0.15) is 11.1 Å². The van der Waals surface area contributed by atoms with Gasteiger partial charge >= 0.3 is 0 Å². The van der Waals surface area contributed by atoms with Gasteiger partial charge in [-0.25, -0.2) is 0 Å². The third-order valence-corrected chi connectivity index (χ3v) is 2.98. The Labute approximate surface area is 116 Å². The number of rotatable bonds is 3. The molecule has 4 nitrogen and oxygen atoms in total. The first-order valence-corrected chi connectivity index (χ1v) is 5.99. The normalized spacial score (nSPS) is 9.89. The summed E-state index contributed by atoms with van der Waals surface area (Å²) in [6.45, 7) is 0.391. The van der Waals surface area contributed by atoms with Crippen LogP contribution in [0.5, 0.6) is 5.75 Å². The van der Waals surface area contributed by atoms with Gasteiger partial charge in [0.1, 0.15) is 5.75 Å². The minimum Gasteiger partial charge on any atom is -0.508 e. The van der Waals surface area contributed by atoms with E-state index in [1.807, 2.05) is 6.07 Å². The molecule has 0 saturated carbocycles. The molecule has 0 saturated heterocycles. The molecule has 2 aromatic rings. The highest BCUT2D eigenvalue weighted by Gasteiger charge is 2.04. The monoisotopic (exact) mass is 273 g/mol. The molecule has 0 radical (unpaired) electrons. The van der Waals surface area contributed by atoms with E-state index in [1.165, 1.54) is 0 Å². The Morgan fingerprint density at radius 1 is 1.26 bits per heavy atom. The molecule has 5 heteroatoms. The van der Waals surface area contributed by atoms with E-state index < -0.39 is 0 Å². The Bertz CT molecular complexity index is 650. The number of nitriles is 1. The van der Waals surface area contributed by atoms with Gasteiger partial charge in [0.05, 0.1) is 22.3 Å². The summed E-state index contributed by atoms with van der Waals surface area (Å²) in [7, 11) is 0. The number of aromatic hydroxyl groups is 1. The highest BCUT2D eigenvalue weighted by Crippen LogP contribution is 2.25. The summed E-state index contributed by atoms with van der Waals surface area (Å²) in [6, 6.07) is 11.9. The average molecular weight is 274 g/mol. The number of hydrogen-bond acceptors (Lipinski definition) is 4. The summed E-state index contributed by atoms with van der Waals surface area (Å²) in [5.74, 6) is 0.173. The fourth-order valence-electron chi connectivity index (χ4n) is 1.67. The molecule has 0 aromatic heterocycles. The second-order valence-electron chi connectivity index (χ2n) is 4.05. The van der Waals surface area contributed by atoms with Crippen LogP contribution in [0.2, 0.25) is 5.02 Å². The third kappa shape index (κ3) is 3.09. The zero-order chi connectivity index (χ0) is 13.8. The lowest BCUT2D eigenvalue weighted by molar-refractivity contribution is 0.469. The Kier molecular flexibility index (Phi) is 3.79. The van der Waals surface area contributed by atoms with Crippen molar-refractivity contribution in [1.82, 2.24) is 0 Å². The first kappa shape index (κ1) is 13.1. The highest BCUT2D eigenvalue weighted by molar-refractivity contribution is 6.33. The molecule has 2 rings (SSSR count). The number of nitrogens with zero attached hydrogens (tertiary/aromatic N) is 1. The predicted molar refractivity (Wildman–Crippen MR) is 76.0 cm³/mol. The van der Waals surface area contributed by atoms with Crippen LogP contribution in [0.4, 0.5) is 11.4 Å². The van der Waals surface area contributed by atoms with Gasteiger partial charge < -0.3 is 16.2 Å². The van der Waals surface area contributed by atoms with Crippen LogP contribution in [0, 0.1) is 11.3 Å². The summed E-state index contributed by atoms with van der Waals surface area (Å²) in [5.41, 5.74) is 8.13. The van der Waals surface area contributed by atoms with Crippen LogP contribution in [0.3, 0.4) is 0 Å². The zero-order valence-corrected chi connectivity index (χ0v) is 10.8. The number of phenols is 1. The number of anilines is 2. The number of halogens is 1. The largest absolute Gasteiger partial charge is 0.508 e. The summed E-state index contributed by atoms with van der Waals surface area (Å²) in [4.78, 5) is 0. The number of nitrogen functional groups attached to an aromatic ring is 1.